The number of methoxy groups -OCH3 is 3. The van der Waals surface area contributed by atoms with Gasteiger partial charge in [-0.05, 0) is 115 Å². The van der Waals surface area contributed by atoms with Gasteiger partial charge in [0.25, 0.3) is 0 Å². The Morgan fingerprint density at radius 3 is 1.37 bits per heavy atom. The van der Waals surface area contributed by atoms with Gasteiger partial charge < -0.3 is 14.2 Å². The number of fused-ring (bicyclic) bond motifs is 4. The van der Waals surface area contributed by atoms with Gasteiger partial charge in [-0.15, -0.1) is 0 Å². The molecule has 0 fully saturated rings. The zero-order valence-electron chi connectivity index (χ0n) is 36.2. The van der Waals surface area contributed by atoms with Gasteiger partial charge in [0, 0.05) is 22.6 Å². The van der Waals surface area contributed by atoms with Crippen LogP contribution in [0.25, 0.3) is 27.8 Å². The Morgan fingerprint density at radius 2 is 0.912 bits per heavy atom. The summed E-state index contributed by atoms with van der Waals surface area (Å²) in [6.07, 6.45) is 8.45. The maximum absolute atomic E-state index is 6.21. The lowest BCUT2D eigenvalue weighted by Gasteiger charge is -2.28. The second-order valence-electron chi connectivity index (χ2n) is 18.9. The first-order valence-electron chi connectivity index (χ1n) is 20.4. The van der Waals surface area contributed by atoms with E-state index >= 15 is 0 Å². The highest BCUT2D eigenvalue weighted by Gasteiger charge is 2.29. The van der Waals surface area contributed by atoms with Crippen LogP contribution >= 0.6 is 0 Å². The molecule has 294 valence electrons. The van der Waals surface area contributed by atoms with Gasteiger partial charge in [-0.3, -0.25) is 0 Å². The zero-order chi connectivity index (χ0) is 40.9. The summed E-state index contributed by atoms with van der Waals surface area (Å²) < 4.78 is 18.6. The summed E-state index contributed by atoms with van der Waals surface area (Å²) in [6.45, 7) is 20.3. The van der Waals surface area contributed by atoms with Crippen molar-refractivity contribution in [2.24, 2.45) is 0 Å². The van der Waals surface area contributed by atoms with Crippen molar-refractivity contribution in [3.63, 3.8) is 0 Å². The average molecular weight is 757 g/mol. The first-order chi connectivity index (χ1) is 27.0. The van der Waals surface area contributed by atoms with Crippen LogP contribution in [0.3, 0.4) is 0 Å². The van der Waals surface area contributed by atoms with Crippen LogP contribution in [0.2, 0.25) is 0 Å². The highest BCUT2D eigenvalue weighted by molar-refractivity contribution is 5.81. The van der Waals surface area contributed by atoms with Crippen molar-refractivity contribution >= 4 is 5.57 Å². The molecule has 3 heteroatoms. The largest absolute Gasteiger partial charge is 0.496 e. The number of hydrogen-bond acceptors (Lipinski definition) is 3. The molecule has 0 spiro atoms. The third kappa shape index (κ3) is 8.13. The molecule has 0 amide bonds. The fraction of sp³-hybridized carbons (Fsp3) is 0.333. The predicted molar refractivity (Wildman–Crippen MR) is 240 cm³/mol. The topological polar surface area (TPSA) is 27.7 Å². The predicted octanol–water partition coefficient (Wildman–Crippen LogP) is 13.7. The Hall–Kier alpha value is -5.28. The van der Waals surface area contributed by atoms with E-state index in [1.807, 2.05) is 0 Å². The molecular formula is C54H60O3. The average Bonchev–Trinajstić information content (AvgIpc) is 3.35. The molecule has 0 aromatic heterocycles. The minimum absolute atomic E-state index is 0.0127. The van der Waals surface area contributed by atoms with Crippen LogP contribution in [0.1, 0.15) is 113 Å². The summed E-state index contributed by atoms with van der Waals surface area (Å²) in [5.74, 6) is 2.64. The first kappa shape index (κ1) is 39.9. The smallest absolute Gasteiger partial charge is 0.126 e. The lowest BCUT2D eigenvalue weighted by molar-refractivity contribution is 0.309. The van der Waals surface area contributed by atoms with Crippen LogP contribution in [0.15, 0.2) is 127 Å². The van der Waals surface area contributed by atoms with Crippen LogP contribution < -0.4 is 9.47 Å². The van der Waals surface area contributed by atoms with E-state index in [9.17, 15) is 0 Å². The molecule has 5 aromatic carbocycles. The standard InChI is InChI=1S/C54H60O3/c1-52(2,3)41-19-13-34(14-20-41)46-30-39-28-38-31-50(56-11)47(35-15-21-42(22-16-35)53(4,5)6)29-37(38)27-40-32-51(57-12)48(33-45(40)44(39)25-26-49(46)55-10)36-17-23-43(24-18-36)54(7,8)9/h13-26,29-33,44H,27-28H2,1-12H3. The van der Waals surface area contributed by atoms with E-state index in [2.05, 4.69) is 178 Å². The van der Waals surface area contributed by atoms with E-state index in [0.717, 1.165) is 63.5 Å². The van der Waals surface area contributed by atoms with Gasteiger partial charge in [-0.1, -0.05) is 153 Å². The highest BCUT2D eigenvalue weighted by atomic mass is 16.5. The normalized spacial score (nSPS) is 15.7. The number of benzene rings is 5. The van der Waals surface area contributed by atoms with Crippen molar-refractivity contribution in [2.75, 3.05) is 21.3 Å². The Kier molecular flexibility index (Phi) is 10.7. The fourth-order valence-corrected chi connectivity index (χ4v) is 8.35. The molecule has 0 N–H and O–H groups in total. The second kappa shape index (κ2) is 15.2. The minimum atomic E-state index is 0.0127. The molecule has 2 aliphatic rings. The molecule has 0 saturated heterocycles. The van der Waals surface area contributed by atoms with Crippen molar-refractivity contribution in [2.45, 2.75) is 97.3 Å². The Balaban J connectivity index is 1.44. The molecule has 3 nitrogen and oxygen atoms in total. The summed E-state index contributed by atoms with van der Waals surface area (Å²) in [5.41, 5.74) is 17.3. The molecule has 7 rings (SSSR count). The third-order valence-electron chi connectivity index (χ3n) is 11.9. The van der Waals surface area contributed by atoms with Crippen LogP contribution in [-0.2, 0) is 33.8 Å². The number of hydrogen-bond donors (Lipinski definition) is 0. The van der Waals surface area contributed by atoms with Gasteiger partial charge >= 0.3 is 0 Å². The Morgan fingerprint density at radius 1 is 0.474 bits per heavy atom. The number of allylic oxidation sites excluding steroid dienone is 5. The van der Waals surface area contributed by atoms with Gasteiger partial charge in [0.1, 0.15) is 17.3 Å². The summed E-state index contributed by atoms with van der Waals surface area (Å²) in [7, 11) is 5.36. The quantitative estimate of drug-likeness (QED) is 0.173. The van der Waals surface area contributed by atoms with E-state index in [4.69, 9.17) is 14.2 Å². The van der Waals surface area contributed by atoms with E-state index in [-0.39, 0.29) is 22.2 Å². The van der Waals surface area contributed by atoms with Gasteiger partial charge in [0.15, 0.2) is 0 Å². The van der Waals surface area contributed by atoms with Gasteiger partial charge in [0.2, 0.25) is 0 Å². The maximum Gasteiger partial charge on any atom is 0.126 e. The molecule has 1 atom stereocenters. The SMILES string of the molecule is COC1=C(c2ccc(C(C)(C)C)cc2)C=C2Cc3cc(OC)c(-c4ccc(C(C)(C)C)cc4)cc3Cc3cc(OC)c(-c4ccc(C(C)(C)C)cc4)cc3C2C=C1. The van der Waals surface area contributed by atoms with E-state index < -0.39 is 0 Å². The Bertz CT molecular complexity index is 2360. The van der Waals surface area contributed by atoms with Gasteiger partial charge in [-0.2, -0.15) is 0 Å². The molecule has 5 aromatic rings. The lowest BCUT2D eigenvalue weighted by atomic mass is 9.77. The van der Waals surface area contributed by atoms with E-state index in [1.165, 1.54) is 44.5 Å². The van der Waals surface area contributed by atoms with E-state index in [0.29, 0.717) is 0 Å². The molecule has 2 aliphatic carbocycles. The van der Waals surface area contributed by atoms with E-state index in [1.54, 1.807) is 21.3 Å². The highest BCUT2D eigenvalue weighted by Crippen LogP contribution is 2.46. The first-order valence-corrected chi connectivity index (χ1v) is 20.4. The van der Waals surface area contributed by atoms with Crippen LogP contribution in [0.5, 0.6) is 11.5 Å². The number of ether oxygens (including phenoxy) is 3. The molecule has 0 saturated carbocycles. The van der Waals surface area contributed by atoms with Gasteiger partial charge in [0.05, 0.1) is 21.3 Å². The fourth-order valence-electron chi connectivity index (χ4n) is 8.35. The summed E-state index contributed by atoms with van der Waals surface area (Å²) in [6, 6.07) is 36.3. The van der Waals surface area contributed by atoms with Gasteiger partial charge in [-0.25, -0.2) is 0 Å². The molecule has 0 aliphatic heterocycles. The van der Waals surface area contributed by atoms with Crippen LogP contribution in [0, 0.1) is 0 Å². The summed E-state index contributed by atoms with van der Waals surface area (Å²) in [5, 5.41) is 0. The van der Waals surface area contributed by atoms with Crippen molar-refractivity contribution in [3.05, 3.63) is 171 Å². The summed E-state index contributed by atoms with van der Waals surface area (Å²) >= 11 is 0. The molecule has 0 heterocycles. The minimum Gasteiger partial charge on any atom is -0.496 e. The Labute approximate surface area is 342 Å². The maximum atomic E-state index is 6.21. The second-order valence-corrected chi connectivity index (χ2v) is 18.9. The number of rotatable bonds is 6. The van der Waals surface area contributed by atoms with Crippen molar-refractivity contribution in [3.8, 4) is 33.8 Å². The van der Waals surface area contributed by atoms with Crippen molar-refractivity contribution in [1.29, 1.82) is 0 Å². The zero-order valence-corrected chi connectivity index (χ0v) is 36.2. The summed E-state index contributed by atoms with van der Waals surface area (Å²) in [4.78, 5) is 0. The van der Waals surface area contributed by atoms with Crippen molar-refractivity contribution < 1.29 is 14.2 Å². The third-order valence-corrected chi connectivity index (χ3v) is 11.9. The van der Waals surface area contributed by atoms with Crippen LogP contribution in [0.4, 0.5) is 0 Å². The molecular weight excluding hydrogens is 697 g/mol. The molecule has 0 radical (unpaired) electrons. The lowest BCUT2D eigenvalue weighted by Crippen LogP contribution is -2.13. The molecule has 57 heavy (non-hydrogen) atoms. The monoisotopic (exact) mass is 756 g/mol. The van der Waals surface area contributed by atoms with Crippen LogP contribution in [-0.4, -0.2) is 21.3 Å². The molecule has 0 bridgehead atoms. The molecule has 1 unspecified atom stereocenters. The van der Waals surface area contributed by atoms with Crippen molar-refractivity contribution in [1.82, 2.24) is 0 Å².